The lowest BCUT2D eigenvalue weighted by Crippen LogP contribution is -2.56. The van der Waals surface area contributed by atoms with Crippen molar-refractivity contribution < 1.29 is 9.90 Å². The van der Waals surface area contributed by atoms with Crippen molar-refractivity contribution in [2.24, 2.45) is 40.4 Å². The SMILES string of the molecule is CC[C@]12CC[C@@](C)(O)C[C@H]1CCC1C2CC[C@@]2(C)C1CC[C@@H]2C(C)=O. The van der Waals surface area contributed by atoms with Gasteiger partial charge in [0.1, 0.15) is 5.78 Å². The number of hydrogen-bond acceptors (Lipinski definition) is 2. The van der Waals surface area contributed by atoms with Crippen LogP contribution in [0.2, 0.25) is 0 Å². The third kappa shape index (κ3) is 2.49. The maximum absolute atomic E-state index is 12.3. The first-order chi connectivity index (χ1) is 11.7. The largest absolute Gasteiger partial charge is 0.390 e. The molecule has 3 unspecified atom stereocenters. The van der Waals surface area contributed by atoms with E-state index < -0.39 is 5.60 Å². The van der Waals surface area contributed by atoms with Gasteiger partial charge in [-0.2, -0.15) is 0 Å². The van der Waals surface area contributed by atoms with Gasteiger partial charge in [-0.05, 0) is 113 Å². The summed E-state index contributed by atoms with van der Waals surface area (Å²) in [7, 11) is 0. The minimum atomic E-state index is -0.438. The van der Waals surface area contributed by atoms with Gasteiger partial charge in [0.05, 0.1) is 5.60 Å². The number of aliphatic hydroxyl groups is 1. The highest BCUT2D eigenvalue weighted by Crippen LogP contribution is 2.68. The van der Waals surface area contributed by atoms with E-state index in [1.54, 1.807) is 0 Å². The Morgan fingerprint density at radius 1 is 1.00 bits per heavy atom. The van der Waals surface area contributed by atoms with Gasteiger partial charge in [0, 0.05) is 5.92 Å². The molecule has 1 N–H and O–H groups in total. The van der Waals surface area contributed by atoms with Crippen molar-refractivity contribution in [1.29, 1.82) is 0 Å². The second-order valence-corrected chi connectivity index (χ2v) is 10.7. The third-order valence-electron chi connectivity index (χ3n) is 9.80. The van der Waals surface area contributed by atoms with Crippen molar-refractivity contribution in [1.82, 2.24) is 0 Å². The second kappa shape index (κ2) is 5.81. The first-order valence-electron chi connectivity index (χ1n) is 11.0. The highest BCUT2D eigenvalue weighted by Gasteiger charge is 2.62. The van der Waals surface area contributed by atoms with Gasteiger partial charge in [0.15, 0.2) is 0 Å². The molecule has 0 heterocycles. The van der Waals surface area contributed by atoms with E-state index in [0.717, 1.165) is 42.9 Å². The molecule has 4 aliphatic rings. The summed E-state index contributed by atoms with van der Waals surface area (Å²) in [6.07, 6.45) is 12.2. The summed E-state index contributed by atoms with van der Waals surface area (Å²) in [5, 5.41) is 10.7. The van der Waals surface area contributed by atoms with Crippen LogP contribution in [-0.2, 0) is 4.79 Å². The van der Waals surface area contributed by atoms with Crippen LogP contribution in [0.25, 0.3) is 0 Å². The fourth-order valence-electron chi connectivity index (χ4n) is 8.61. The molecule has 4 rings (SSSR count). The zero-order valence-electron chi connectivity index (χ0n) is 16.8. The first kappa shape index (κ1) is 18.0. The Hall–Kier alpha value is -0.370. The number of fused-ring (bicyclic) bond motifs is 5. The molecule has 0 aromatic heterocycles. The van der Waals surface area contributed by atoms with Crippen molar-refractivity contribution in [2.75, 3.05) is 0 Å². The van der Waals surface area contributed by atoms with Crippen molar-refractivity contribution in [2.45, 2.75) is 97.5 Å². The molecular weight excluding hydrogens is 308 g/mol. The van der Waals surface area contributed by atoms with E-state index in [0.29, 0.717) is 17.1 Å². The standard InChI is InChI=1S/C23H38O2/c1-5-23-13-12-21(3,25)14-16(23)6-7-17-19-9-8-18(15(2)24)22(19,4)11-10-20(17)23/h16-20,25H,5-14H2,1-4H3/t16-,17?,18-,19?,20?,21-,22-,23+/m1/s1. The summed E-state index contributed by atoms with van der Waals surface area (Å²) in [6, 6.07) is 0. The van der Waals surface area contributed by atoms with Crippen LogP contribution in [0.1, 0.15) is 91.9 Å². The number of ketones is 1. The molecule has 0 aliphatic heterocycles. The van der Waals surface area contributed by atoms with E-state index in [1.807, 2.05) is 6.92 Å². The van der Waals surface area contributed by atoms with E-state index in [4.69, 9.17) is 0 Å². The van der Waals surface area contributed by atoms with E-state index in [9.17, 15) is 9.90 Å². The highest BCUT2D eigenvalue weighted by molar-refractivity contribution is 5.79. The van der Waals surface area contributed by atoms with Crippen LogP contribution < -0.4 is 0 Å². The molecule has 25 heavy (non-hydrogen) atoms. The summed E-state index contributed by atoms with van der Waals surface area (Å²) in [5.74, 6) is 3.93. The summed E-state index contributed by atoms with van der Waals surface area (Å²) in [6.45, 7) is 8.75. The predicted octanol–water partition coefficient (Wildman–Crippen LogP) is 5.38. The summed E-state index contributed by atoms with van der Waals surface area (Å²) < 4.78 is 0. The molecule has 0 spiro atoms. The molecule has 2 nitrogen and oxygen atoms in total. The fraction of sp³-hybridized carbons (Fsp3) is 0.957. The first-order valence-corrected chi connectivity index (χ1v) is 11.0. The maximum atomic E-state index is 12.3. The number of carbonyl (C=O) groups excluding carboxylic acids is 1. The molecule has 0 saturated heterocycles. The molecule has 8 atom stereocenters. The van der Waals surface area contributed by atoms with Gasteiger partial charge in [0.25, 0.3) is 0 Å². The zero-order chi connectivity index (χ0) is 18.0. The van der Waals surface area contributed by atoms with Gasteiger partial charge < -0.3 is 5.11 Å². The Labute approximate surface area is 154 Å². The molecule has 4 saturated carbocycles. The van der Waals surface area contributed by atoms with E-state index in [2.05, 4.69) is 20.8 Å². The number of hydrogen-bond donors (Lipinski definition) is 1. The van der Waals surface area contributed by atoms with Crippen LogP contribution in [-0.4, -0.2) is 16.5 Å². The Morgan fingerprint density at radius 2 is 1.76 bits per heavy atom. The predicted molar refractivity (Wildman–Crippen MR) is 101 cm³/mol. The molecule has 4 aliphatic carbocycles. The lowest BCUT2D eigenvalue weighted by Gasteiger charge is -2.63. The molecule has 0 aromatic rings. The van der Waals surface area contributed by atoms with Crippen LogP contribution >= 0.6 is 0 Å². The molecule has 142 valence electrons. The van der Waals surface area contributed by atoms with Crippen LogP contribution in [0.5, 0.6) is 0 Å². The van der Waals surface area contributed by atoms with Crippen molar-refractivity contribution in [3.05, 3.63) is 0 Å². The number of Topliss-reactive ketones (excluding diaryl/α,β-unsaturated/α-hetero) is 1. The lowest BCUT2D eigenvalue weighted by atomic mass is 9.42. The molecular formula is C23H38O2. The van der Waals surface area contributed by atoms with Gasteiger partial charge in [-0.1, -0.05) is 13.8 Å². The average molecular weight is 347 g/mol. The van der Waals surface area contributed by atoms with Gasteiger partial charge in [-0.25, -0.2) is 0 Å². The van der Waals surface area contributed by atoms with Gasteiger partial charge in [0.2, 0.25) is 0 Å². The molecule has 0 radical (unpaired) electrons. The normalized spacial score (nSPS) is 55.2. The van der Waals surface area contributed by atoms with Crippen LogP contribution in [0, 0.1) is 40.4 Å². The Kier molecular flexibility index (Phi) is 4.19. The Morgan fingerprint density at radius 3 is 2.44 bits per heavy atom. The van der Waals surface area contributed by atoms with E-state index in [1.165, 1.54) is 44.9 Å². The smallest absolute Gasteiger partial charge is 0.133 e. The Bertz CT molecular complexity index is 552. The minimum Gasteiger partial charge on any atom is -0.390 e. The quantitative estimate of drug-likeness (QED) is 0.729. The Balaban J connectivity index is 1.64. The van der Waals surface area contributed by atoms with Gasteiger partial charge >= 0.3 is 0 Å². The monoisotopic (exact) mass is 346 g/mol. The molecule has 0 amide bonds. The molecule has 0 aromatic carbocycles. The topological polar surface area (TPSA) is 37.3 Å². The second-order valence-electron chi connectivity index (χ2n) is 10.7. The molecule has 2 heteroatoms. The van der Waals surface area contributed by atoms with Gasteiger partial charge in [-0.3, -0.25) is 4.79 Å². The third-order valence-corrected chi connectivity index (χ3v) is 9.80. The van der Waals surface area contributed by atoms with Crippen molar-refractivity contribution in [3.63, 3.8) is 0 Å². The van der Waals surface area contributed by atoms with Crippen LogP contribution in [0.3, 0.4) is 0 Å². The van der Waals surface area contributed by atoms with Crippen molar-refractivity contribution in [3.8, 4) is 0 Å². The van der Waals surface area contributed by atoms with Crippen molar-refractivity contribution >= 4 is 5.78 Å². The summed E-state index contributed by atoms with van der Waals surface area (Å²) in [4.78, 5) is 12.3. The number of carbonyl (C=O) groups is 1. The highest BCUT2D eigenvalue weighted by atomic mass is 16.3. The lowest BCUT2D eigenvalue weighted by molar-refractivity contribution is -0.158. The number of rotatable bonds is 2. The van der Waals surface area contributed by atoms with Crippen LogP contribution in [0.4, 0.5) is 0 Å². The molecule has 4 fully saturated rings. The summed E-state index contributed by atoms with van der Waals surface area (Å²) in [5.41, 5.74) is 0.308. The van der Waals surface area contributed by atoms with E-state index in [-0.39, 0.29) is 5.41 Å². The molecule has 0 bridgehead atoms. The minimum absolute atomic E-state index is 0.273. The fourth-order valence-corrected chi connectivity index (χ4v) is 8.61. The summed E-state index contributed by atoms with van der Waals surface area (Å²) >= 11 is 0. The zero-order valence-corrected chi connectivity index (χ0v) is 16.8. The average Bonchev–Trinajstić information content (AvgIpc) is 2.91. The van der Waals surface area contributed by atoms with Gasteiger partial charge in [-0.15, -0.1) is 0 Å². The van der Waals surface area contributed by atoms with E-state index >= 15 is 0 Å². The van der Waals surface area contributed by atoms with Crippen LogP contribution in [0.15, 0.2) is 0 Å². The maximum Gasteiger partial charge on any atom is 0.133 e.